The van der Waals surface area contributed by atoms with Crippen molar-refractivity contribution in [3.05, 3.63) is 6.20 Å². The van der Waals surface area contributed by atoms with Crippen LogP contribution >= 0.6 is 0 Å². The lowest BCUT2D eigenvalue weighted by molar-refractivity contribution is -0.144. The zero-order chi connectivity index (χ0) is 11.3. The van der Waals surface area contributed by atoms with Crippen LogP contribution in [0.1, 0.15) is 13.8 Å². The summed E-state index contributed by atoms with van der Waals surface area (Å²) in [6.07, 6.45) is 1.46. The molecule has 0 aliphatic rings. The van der Waals surface area contributed by atoms with Crippen LogP contribution in [0.3, 0.4) is 0 Å². The number of amides is 1. The SMILES string of the molecule is CCOC(=O)Cn1cc(NC(C)=O)nn1. The van der Waals surface area contributed by atoms with Crippen LogP contribution in [-0.2, 0) is 20.9 Å². The maximum atomic E-state index is 11.0. The molecule has 1 heterocycles. The molecule has 0 spiro atoms. The lowest BCUT2D eigenvalue weighted by Crippen LogP contribution is -2.13. The van der Waals surface area contributed by atoms with Crippen LogP contribution in [0.15, 0.2) is 6.20 Å². The Morgan fingerprint density at radius 2 is 2.33 bits per heavy atom. The molecule has 7 heteroatoms. The number of esters is 1. The van der Waals surface area contributed by atoms with Gasteiger partial charge in [0.15, 0.2) is 5.82 Å². The summed E-state index contributed by atoms with van der Waals surface area (Å²) in [4.78, 5) is 21.7. The summed E-state index contributed by atoms with van der Waals surface area (Å²) < 4.78 is 6.02. The van der Waals surface area contributed by atoms with Gasteiger partial charge in [-0.2, -0.15) is 0 Å². The highest BCUT2D eigenvalue weighted by atomic mass is 16.5. The van der Waals surface area contributed by atoms with Crippen LogP contribution in [-0.4, -0.2) is 33.5 Å². The average Bonchev–Trinajstić information content (AvgIpc) is 2.51. The van der Waals surface area contributed by atoms with E-state index < -0.39 is 5.97 Å². The first kappa shape index (κ1) is 11.2. The molecule has 0 atom stereocenters. The molecule has 0 saturated heterocycles. The molecule has 0 aliphatic heterocycles. The number of aromatic nitrogens is 3. The van der Waals surface area contributed by atoms with Crippen LogP contribution in [0.4, 0.5) is 5.82 Å². The van der Waals surface area contributed by atoms with Crippen LogP contribution in [0.2, 0.25) is 0 Å². The Kier molecular flexibility index (Phi) is 3.78. The van der Waals surface area contributed by atoms with Gasteiger partial charge in [-0.05, 0) is 6.92 Å². The van der Waals surface area contributed by atoms with Crippen molar-refractivity contribution in [3.63, 3.8) is 0 Å². The first-order valence-electron chi connectivity index (χ1n) is 4.45. The molecule has 0 saturated carbocycles. The molecule has 82 valence electrons. The van der Waals surface area contributed by atoms with Crippen molar-refractivity contribution in [3.8, 4) is 0 Å². The predicted molar refractivity (Wildman–Crippen MR) is 51.0 cm³/mol. The van der Waals surface area contributed by atoms with E-state index in [0.717, 1.165) is 0 Å². The Bertz CT molecular complexity index is 361. The molecule has 1 aromatic heterocycles. The Hall–Kier alpha value is -1.92. The molecular weight excluding hydrogens is 200 g/mol. The third kappa shape index (κ3) is 3.75. The Balaban J connectivity index is 2.52. The van der Waals surface area contributed by atoms with Crippen LogP contribution in [0, 0.1) is 0 Å². The molecular formula is C8H12N4O3. The number of carbonyl (C=O) groups excluding carboxylic acids is 2. The molecule has 15 heavy (non-hydrogen) atoms. The highest BCUT2D eigenvalue weighted by Crippen LogP contribution is 1.99. The number of hydrogen-bond donors (Lipinski definition) is 1. The summed E-state index contributed by atoms with van der Waals surface area (Å²) in [7, 11) is 0. The molecule has 7 nitrogen and oxygen atoms in total. The summed E-state index contributed by atoms with van der Waals surface area (Å²) in [6.45, 7) is 3.40. The number of hydrogen-bond acceptors (Lipinski definition) is 5. The fraction of sp³-hybridized carbons (Fsp3) is 0.500. The lowest BCUT2D eigenvalue weighted by atomic mass is 10.6. The number of anilines is 1. The molecule has 0 aliphatic carbocycles. The quantitative estimate of drug-likeness (QED) is 0.698. The highest BCUT2D eigenvalue weighted by molar-refractivity contribution is 5.87. The Labute approximate surface area is 86.4 Å². The number of carbonyl (C=O) groups is 2. The molecule has 0 aromatic carbocycles. The number of ether oxygens (including phenoxy) is 1. The van der Waals surface area contributed by atoms with E-state index in [1.54, 1.807) is 6.92 Å². The summed E-state index contributed by atoms with van der Waals surface area (Å²) >= 11 is 0. The predicted octanol–water partition coefficient (Wildman–Crippen LogP) is -0.200. The van der Waals surface area contributed by atoms with Crippen LogP contribution < -0.4 is 5.32 Å². The number of rotatable bonds is 4. The van der Waals surface area contributed by atoms with E-state index in [1.165, 1.54) is 17.8 Å². The molecule has 0 unspecified atom stereocenters. The van der Waals surface area contributed by atoms with Crippen molar-refractivity contribution in [1.29, 1.82) is 0 Å². The number of nitrogens with zero attached hydrogens (tertiary/aromatic N) is 3. The zero-order valence-electron chi connectivity index (χ0n) is 8.56. The minimum Gasteiger partial charge on any atom is -0.465 e. The van der Waals surface area contributed by atoms with Gasteiger partial charge in [0.05, 0.1) is 12.8 Å². The van der Waals surface area contributed by atoms with E-state index in [1.807, 2.05) is 0 Å². The zero-order valence-corrected chi connectivity index (χ0v) is 8.56. The normalized spacial score (nSPS) is 9.73. The van der Waals surface area contributed by atoms with Gasteiger partial charge in [-0.3, -0.25) is 9.59 Å². The standard InChI is InChI=1S/C8H12N4O3/c1-3-15-8(14)5-12-4-7(10-11-12)9-6(2)13/h4H,3,5H2,1-2H3,(H,9,13). The van der Waals surface area contributed by atoms with Gasteiger partial charge in [-0.1, -0.05) is 5.21 Å². The van der Waals surface area contributed by atoms with E-state index in [4.69, 9.17) is 4.74 Å². The van der Waals surface area contributed by atoms with E-state index in [9.17, 15) is 9.59 Å². The second-order valence-corrected chi connectivity index (χ2v) is 2.79. The molecule has 1 N–H and O–H groups in total. The fourth-order valence-corrected chi connectivity index (χ4v) is 0.952. The summed E-state index contributed by atoms with van der Waals surface area (Å²) in [5.74, 6) is -0.318. The monoisotopic (exact) mass is 212 g/mol. The maximum absolute atomic E-state index is 11.0. The van der Waals surface area contributed by atoms with Gasteiger partial charge in [-0.25, -0.2) is 4.68 Å². The number of nitrogens with one attached hydrogen (secondary N) is 1. The van der Waals surface area contributed by atoms with Crippen molar-refractivity contribution < 1.29 is 14.3 Å². The van der Waals surface area contributed by atoms with Gasteiger partial charge >= 0.3 is 5.97 Å². The van der Waals surface area contributed by atoms with E-state index >= 15 is 0 Å². The maximum Gasteiger partial charge on any atom is 0.327 e. The second-order valence-electron chi connectivity index (χ2n) is 2.79. The first-order chi connectivity index (χ1) is 7.11. The minimum absolute atomic E-state index is 0.0135. The molecule has 0 bridgehead atoms. The Morgan fingerprint density at radius 3 is 2.93 bits per heavy atom. The van der Waals surface area contributed by atoms with Gasteiger partial charge in [0.25, 0.3) is 0 Å². The molecule has 1 amide bonds. The largest absolute Gasteiger partial charge is 0.465 e. The summed E-state index contributed by atoms with van der Waals surface area (Å²) in [6, 6.07) is 0. The van der Waals surface area contributed by atoms with Gasteiger partial charge < -0.3 is 10.1 Å². The van der Waals surface area contributed by atoms with Crippen molar-refractivity contribution in [2.45, 2.75) is 20.4 Å². The third-order valence-corrected chi connectivity index (χ3v) is 1.44. The van der Waals surface area contributed by atoms with Crippen molar-refractivity contribution >= 4 is 17.7 Å². The third-order valence-electron chi connectivity index (χ3n) is 1.44. The van der Waals surface area contributed by atoms with Crippen LogP contribution in [0.5, 0.6) is 0 Å². The van der Waals surface area contributed by atoms with Gasteiger partial charge in [0.2, 0.25) is 5.91 Å². The van der Waals surface area contributed by atoms with Crippen LogP contribution in [0.25, 0.3) is 0 Å². The fourth-order valence-electron chi connectivity index (χ4n) is 0.952. The van der Waals surface area contributed by atoms with Crippen molar-refractivity contribution in [2.24, 2.45) is 0 Å². The lowest BCUT2D eigenvalue weighted by Gasteiger charge is -1.99. The Morgan fingerprint density at radius 1 is 1.60 bits per heavy atom. The minimum atomic E-state index is -0.392. The smallest absolute Gasteiger partial charge is 0.327 e. The van der Waals surface area contributed by atoms with Gasteiger partial charge in [0.1, 0.15) is 6.54 Å². The molecule has 0 fully saturated rings. The van der Waals surface area contributed by atoms with E-state index in [-0.39, 0.29) is 12.5 Å². The van der Waals surface area contributed by atoms with Crippen molar-refractivity contribution in [1.82, 2.24) is 15.0 Å². The molecule has 1 aromatic rings. The van der Waals surface area contributed by atoms with Gasteiger partial charge in [0, 0.05) is 6.92 Å². The molecule has 1 rings (SSSR count). The van der Waals surface area contributed by atoms with Gasteiger partial charge in [-0.15, -0.1) is 5.10 Å². The van der Waals surface area contributed by atoms with Crippen molar-refractivity contribution in [2.75, 3.05) is 11.9 Å². The summed E-state index contributed by atoms with van der Waals surface area (Å²) in [5.41, 5.74) is 0. The average molecular weight is 212 g/mol. The first-order valence-corrected chi connectivity index (χ1v) is 4.45. The highest BCUT2D eigenvalue weighted by Gasteiger charge is 2.06. The topological polar surface area (TPSA) is 86.1 Å². The van der Waals surface area contributed by atoms with E-state index in [2.05, 4.69) is 15.6 Å². The summed E-state index contributed by atoms with van der Waals surface area (Å²) in [5, 5.41) is 9.73. The van der Waals surface area contributed by atoms with E-state index in [0.29, 0.717) is 12.4 Å². The molecule has 0 radical (unpaired) electrons. The second kappa shape index (κ2) is 5.08.